The molecule has 2 aromatic heterocycles. The van der Waals surface area contributed by atoms with E-state index in [1.54, 1.807) is 39.1 Å². The van der Waals surface area contributed by atoms with E-state index < -0.39 is 23.3 Å². The average Bonchev–Trinajstić information content (AvgIpc) is 3.00. The number of fused-ring (bicyclic) bond motifs is 1. The molecular weight excluding hydrogens is 401 g/mol. The van der Waals surface area contributed by atoms with Gasteiger partial charge in [0.2, 0.25) is 0 Å². The predicted molar refractivity (Wildman–Crippen MR) is 103 cm³/mol. The minimum Gasteiger partial charge on any atom is -0.489 e. The fourth-order valence-electron chi connectivity index (χ4n) is 2.91. The number of amides is 1. The number of hydrogen-bond acceptors (Lipinski definition) is 5. The molecule has 1 amide bonds. The topological polar surface area (TPSA) is 89.3 Å². The third kappa shape index (κ3) is 4.54. The van der Waals surface area contributed by atoms with Crippen molar-refractivity contribution in [3.05, 3.63) is 53.5 Å². The molecule has 0 saturated heterocycles. The summed E-state index contributed by atoms with van der Waals surface area (Å²) in [6, 6.07) is 7.44. The predicted octanol–water partition coefficient (Wildman–Crippen LogP) is 3.07. The molecule has 0 aliphatic carbocycles. The van der Waals surface area contributed by atoms with Gasteiger partial charge in [-0.2, -0.15) is 18.3 Å². The largest absolute Gasteiger partial charge is 0.489 e. The first-order valence-electron chi connectivity index (χ1n) is 9.06. The molecule has 30 heavy (non-hydrogen) atoms. The summed E-state index contributed by atoms with van der Waals surface area (Å²) in [5, 5.41) is 16.9. The summed E-state index contributed by atoms with van der Waals surface area (Å²) >= 11 is 0. The number of carbonyl (C=O) groups is 1. The van der Waals surface area contributed by atoms with Gasteiger partial charge in [-0.15, -0.1) is 0 Å². The second-order valence-electron chi connectivity index (χ2n) is 7.44. The zero-order valence-electron chi connectivity index (χ0n) is 16.6. The van der Waals surface area contributed by atoms with Crippen LogP contribution in [-0.2, 0) is 19.8 Å². The van der Waals surface area contributed by atoms with Gasteiger partial charge in [-0.1, -0.05) is 6.07 Å². The molecule has 0 fully saturated rings. The van der Waals surface area contributed by atoms with Crippen molar-refractivity contribution < 1.29 is 27.8 Å². The minimum absolute atomic E-state index is 0.0982. The number of nitrogens with one attached hydrogen (secondary N) is 1. The summed E-state index contributed by atoms with van der Waals surface area (Å²) in [7, 11) is 1.60. The highest BCUT2D eigenvalue weighted by molar-refractivity contribution is 6.05. The summed E-state index contributed by atoms with van der Waals surface area (Å²) < 4.78 is 46.3. The number of aromatic nitrogens is 3. The minimum atomic E-state index is -4.59. The van der Waals surface area contributed by atoms with Crippen molar-refractivity contribution in [1.82, 2.24) is 20.1 Å². The lowest BCUT2D eigenvalue weighted by Gasteiger charge is -2.23. The fraction of sp³-hybridized carbons (Fsp3) is 0.350. The molecule has 2 heterocycles. The Hall–Kier alpha value is -3.14. The van der Waals surface area contributed by atoms with Gasteiger partial charge in [-0.25, -0.2) is 0 Å². The summed E-state index contributed by atoms with van der Waals surface area (Å²) in [5.41, 5.74) is -1.17. The lowest BCUT2D eigenvalue weighted by molar-refractivity contribution is -0.142. The van der Waals surface area contributed by atoms with Crippen molar-refractivity contribution in [3.63, 3.8) is 0 Å². The van der Waals surface area contributed by atoms with Crippen LogP contribution in [-0.4, -0.2) is 37.9 Å². The first-order valence-corrected chi connectivity index (χ1v) is 9.06. The molecule has 1 aromatic carbocycles. The maximum atomic E-state index is 13.1. The number of aryl methyl sites for hydroxylation is 1. The number of pyridine rings is 1. The number of rotatable bonds is 6. The van der Waals surface area contributed by atoms with E-state index in [0.29, 0.717) is 10.9 Å². The van der Waals surface area contributed by atoms with Crippen LogP contribution in [0.4, 0.5) is 13.2 Å². The van der Waals surface area contributed by atoms with E-state index in [4.69, 9.17) is 4.74 Å². The lowest BCUT2D eigenvalue weighted by atomic mass is 10.1. The second kappa shape index (κ2) is 7.94. The fourth-order valence-corrected chi connectivity index (χ4v) is 2.91. The van der Waals surface area contributed by atoms with Crippen molar-refractivity contribution in [3.8, 4) is 5.75 Å². The van der Waals surface area contributed by atoms with Gasteiger partial charge in [0.1, 0.15) is 18.1 Å². The van der Waals surface area contributed by atoms with Crippen LogP contribution < -0.4 is 10.1 Å². The third-order valence-corrected chi connectivity index (χ3v) is 4.42. The van der Waals surface area contributed by atoms with Gasteiger partial charge in [-0.05, 0) is 38.1 Å². The molecule has 0 unspecified atom stereocenters. The molecule has 0 saturated carbocycles. The molecule has 0 aliphatic rings. The van der Waals surface area contributed by atoms with Crippen LogP contribution in [0.5, 0.6) is 5.75 Å². The molecule has 0 radical (unpaired) electrons. The quantitative estimate of drug-likeness (QED) is 0.637. The maximum absolute atomic E-state index is 13.1. The zero-order chi connectivity index (χ0) is 22.1. The van der Waals surface area contributed by atoms with Crippen LogP contribution in [0.2, 0.25) is 0 Å². The standard InChI is InChI=1S/C20H21F3N4O3/c1-19(2,11-28)25-18(29)16-14-9-13(6-7-15(14)26-27(16)3)30-10-12-5-4-8-24-17(12)20(21,22)23/h4-9,28H,10-11H2,1-3H3,(H,25,29). The van der Waals surface area contributed by atoms with Gasteiger partial charge in [0.25, 0.3) is 5.91 Å². The van der Waals surface area contributed by atoms with Gasteiger partial charge in [0.05, 0.1) is 17.7 Å². The number of nitrogens with zero attached hydrogens (tertiary/aromatic N) is 3. The first kappa shape index (κ1) is 21.6. The number of ether oxygens (including phenoxy) is 1. The van der Waals surface area contributed by atoms with E-state index in [0.717, 1.165) is 6.20 Å². The van der Waals surface area contributed by atoms with Crippen LogP contribution in [0.3, 0.4) is 0 Å². The highest BCUT2D eigenvalue weighted by Gasteiger charge is 2.35. The summed E-state index contributed by atoms with van der Waals surface area (Å²) in [6.45, 7) is 2.75. The maximum Gasteiger partial charge on any atom is 0.433 e. The Labute approximate surface area is 170 Å². The number of benzene rings is 1. The number of alkyl halides is 3. The first-order chi connectivity index (χ1) is 14.0. The number of hydrogen-bond donors (Lipinski definition) is 2. The summed E-state index contributed by atoms with van der Waals surface area (Å²) in [6.07, 6.45) is -3.51. The molecule has 3 rings (SSSR count). The van der Waals surface area contributed by atoms with E-state index in [1.165, 1.54) is 16.8 Å². The summed E-state index contributed by atoms with van der Waals surface area (Å²) in [4.78, 5) is 16.1. The molecule has 7 nitrogen and oxygen atoms in total. The van der Waals surface area contributed by atoms with E-state index in [9.17, 15) is 23.1 Å². The molecule has 0 atom stereocenters. The molecule has 0 spiro atoms. The van der Waals surface area contributed by atoms with Crippen molar-refractivity contribution in [2.75, 3.05) is 6.61 Å². The van der Waals surface area contributed by atoms with Gasteiger partial charge < -0.3 is 15.2 Å². The van der Waals surface area contributed by atoms with E-state index >= 15 is 0 Å². The van der Waals surface area contributed by atoms with E-state index in [2.05, 4.69) is 15.4 Å². The Morgan fingerprint density at radius 2 is 2.00 bits per heavy atom. The second-order valence-corrected chi connectivity index (χ2v) is 7.44. The Kier molecular flexibility index (Phi) is 5.71. The van der Waals surface area contributed by atoms with Crippen LogP contribution in [0.15, 0.2) is 36.5 Å². The molecule has 10 heteroatoms. The zero-order valence-corrected chi connectivity index (χ0v) is 16.6. The molecule has 2 N–H and O–H groups in total. The summed E-state index contributed by atoms with van der Waals surface area (Å²) in [5.74, 6) is -0.161. The van der Waals surface area contributed by atoms with Gasteiger partial charge >= 0.3 is 6.18 Å². The monoisotopic (exact) mass is 422 g/mol. The SMILES string of the molecule is Cn1nc2ccc(OCc3cccnc3C(F)(F)F)cc2c1C(=O)NC(C)(C)CO. The molecule has 0 aliphatic heterocycles. The Bertz CT molecular complexity index is 1080. The van der Waals surface area contributed by atoms with Crippen molar-refractivity contribution in [1.29, 1.82) is 0 Å². The molecule has 0 bridgehead atoms. The number of carbonyl (C=O) groups excluding carboxylic acids is 1. The normalized spacial score (nSPS) is 12.2. The van der Waals surface area contributed by atoms with Gasteiger partial charge in [-0.3, -0.25) is 14.5 Å². The number of aliphatic hydroxyl groups excluding tert-OH is 1. The van der Waals surface area contributed by atoms with Crippen LogP contribution >= 0.6 is 0 Å². The van der Waals surface area contributed by atoms with E-state index in [1.807, 2.05) is 0 Å². The third-order valence-electron chi connectivity index (χ3n) is 4.42. The highest BCUT2D eigenvalue weighted by Crippen LogP contribution is 2.31. The van der Waals surface area contributed by atoms with Crippen LogP contribution in [0.1, 0.15) is 35.6 Å². The molecular formula is C20H21F3N4O3. The van der Waals surface area contributed by atoms with Crippen LogP contribution in [0, 0.1) is 0 Å². The Morgan fingerprint density at radius 1 is 1.27 bits per heavy atom. The lowest BCUT2D eigenvalue weighted by Crippen LogP contribution is -2.46. The molecule has 3 aromatic rings. The smallest absolute Gasteiger partial charge is 0.433 e. The van der Waals surface area contributed by atoms with Crippen molar-refractivity contribution in [2.24, 2.45) is 7.05 Å². The number of halogens is 3. The van der Waals surface area contributed by atoms with Crippen molar-refractivity contribution >= 4 is 16.8 Å². The molecule has 160 valence electrons. The van der Waals surface area contributed by atoms with Gasteiger partial charge in [0.15, 0.2) is 5.69 Å². The highest BCUT2D eigenvalue weighted by atomic mass is 19.4. The average molecular weight is 422 g/mol. The van der Waals surface area contributed by atoms with Crippen LogP contribution in [0.25, 0.3) is 10.9 Å². The van der Waals surface area contributed by atoms with Gasteiger partial charge in [0, 0.05) is 24.2 Å². The number of aliphatic hydroxyl groups is 1. The van der Waals surface area contributed by atoms with Crippen molar-refractivity contribution in [2.45, 2.75) is 32.2 Å². The van der Waals surface area contributed by atoms with E-state index in [-0.39, 0.29) is 30.2 Å². The Balaban J connectivity index is 1.89. The Morgan fingerprint density at radius 3 is 2.67 bits per heavy atom.